The highest BCUT2D eigenvalue weighted by Crippen LogP contribution is 2.36. The lowest BCUT2D eigenvalue weighted by molar-refractivity contribution is 0.0695. The minimum absolute atomic E-state index is 0.0528. The number of pyridine rings is 1. The molecule has 2 bridgehead atoms. The highest BCUT2D eigenvalue weighted by atomic mass is 19.1. The van der Waals surface area contributed by atoms with Crippen molar-refractivity contribution in [3.8, 4) is 0 Å². The predicted octanol–water partition coefficient (Wildman–Crippen LogP) is 0.905. The summed E-state index contributed by atoms with van der Waals surface area (Å²) in [6.07, 6.45) is 2.24. The highest BCUT2D eigenvalue weighted by molar-refractivity contribution is 5.93. The number of hydrogen-bond acceptors (Lipinski definition) is 5. The van der Waals surface area contributed by atoms with Crippen molar-refractivity contribution >= 4 is 22.6 Å². The van der Waals surface area contributed by atoms with Crippen molar-refractivity contribution in [2.24, 2.45) is 0 Å². The number of hydrogen-bond donors (Lipinski definition) is 2. The fraction of sp³-hybridized carbons (Fsp3) is 0.412. The van der Waals surface area contributed by atoms with Crippen LogP contribution in [0.5, 0.6) is 0 Å². The number of aromatic nitrogens is 1. The van der Waals surface area contributed by atoms with Gasteiger partial charge >= 0.3 is 5.97 Å². The quantitative estimate of drug-likeness (QED) is 0.860. The number of carboxylic acid groups (broad SMARTS) is 1. The van der Waals surface area contributed by atoms with Gasteiger partial charge in [-0.15, -0.1) is 0 Å². The van der Waals surface area contributed by atoms with Crippen LogP contribution in [0.15, 0.2) is 23.1 Å². The number of piperazine rings is 1. The number of nitrogens with zero attached hydrogens (tertiary/aromatic N) is 3. The summed E-state index contributed by atoms with van der Waals surface area (Å²) in [4.78, 5) is 28.0. The number of benzene rings is 1. The zero-order chi connectivity index (χ0) is 17.9. The largest absolute Gasteiger partial charge is 0.477 e. The van der Waals surface area contributed by atoms with E-state index in [1.54, 1.807) is 13.1 Å². The van der Waals surface area contributed by atoms with E-state index >= 15 is 0 Å². The monoisotopic (exact) mass is 346 g/mol. The first-order valence-electron chi connectivity index (χ1n) is 8.17. The number of nitrogens with one attached hydrogen (secondary N) is 1. The van der Waals surface area contributed by atoms with Crippen molar-refractivity contribution in [1.29, 1.82) is 0 Å². The average molecular weight is 346 g/mol. The second-order valence-corrected chi connectivity index (χ2v) is 6.73. The third-order valence-corrected chi connectivity index (χ3v) is 5.37. The molecule has 2 aliphatic heterocycles. The number of likely N-dealkylation sites (N-methyl/N-ethyl adjacent to an activating group) is 1. The van der Waals surface area contributed by atoms with Gasteiger partial charge in [-0.3, -0.25) is 14.4 Å². The molecule has 132 valence electrons. The van der Waals surface area contributed by atoms with Crippen LogP contribution in [-0.2, 0) is 0 Å². The number of aromatic carboxylic acids is 1. The Bertz CT molecular complexity index is 940. The van der Waals surface area contributed by atoms with Gasteiger partial charge in [0.1, 0.15) is 11.4 Å². The number of rotatable bonds is 3. The van der Waals surface area contributed by atoms with Crippen LogP contribution in [-0.4, -0.2) is 59.9 Å². The Morgan fingerprint density at radius 2 is 2.08 bits per heavy atom. The fourth-order valence-corrected chi connectivity index (χ4v) is 4.05. The van der Waals surface area contributed by atoms with Crippen LogP contribution in [0.1, 0.15) is 16.8 Å². The number of carbonyl (C=O) groups is 1. The summed E-state index contributed by atoms with van der Waals surface area (Å²) in [7, 11) is 3.69. The molecule has 0 saturated carbocycles. The maximum Gasteiger partial charge on any atom is 0.341 e. The third-order valence-electron chi connectivity index (χ3n) is 5.37. The molecule has 2 aromatic rings. The zero-order valence-corrected chi connectivity index (χ0v) is 14.0. The summed E-state index contributed by atoms with van der Waals surface area (Å²) in [5, 5.41) is 9.24. The van der Waals surface area contributed by atoms with Gasteiger partial charge in [-0.25, -0.2) is 9.18 Å². The van der Waals surface area contributed by atoms with Gasteiger partial charge in [-0.2, -0.15) is 0 Å². The Morgan fingerprint density at radius 1 is 1.32 bits per heavy atom. The Balaban J connectivity index is 1.89. The number of fused-ring (bicyclic) bond motifs is 3. The van der Waals surface area contributed by atoms with Gasteiger partial charge in [-0.05, 0) is 25.6 Å². The van der Waals surface area contributed by atoms with Gasteiger partial charge in [0.2, 0.25) is 5.43 Å². The number of carboxylic acids is 1. The molecule has 1 aromatic carbocycles. The molecule has 2 saturated heterocycles. The summed E-state index contributed by atoms with van der Waals surface area (Å²) in [6.45, 7) is 1.64. The van der Waals surface area contributed by atoms with Crippen molar-refractivity contribution in [2.75, 3.05) is 37.5 Å². The SMILES string of the molecule is CNn1cc(C(=O)O)c(=O)c2cc(F)c(N3CC4CC3CN4C)cc21. The van der Waals surface area contributed by atoms with Crippen molar-refractivity contribution in [3.05, 3.63) is 39.9 Å². The minimum Gasteiger partial charge on any atom is -0.477 e. The second kappa shape index (κ2) is 5.45. The summed E-state index contributed by atoms with van der Waals surface area (Å²) in [5.74, 6) is -1.83. The van der Waals surface area contributed by atoms with Gasteiger partial charge in [0.25, 0.3) is 0 Å². The standard InChI is InChI=1S/C17H19FN4O3/c1-19-22-8-12(17(24)25)16(23)11-4-13(18)15(5-14(11)22)21-7-9-3-10(21)6-20(9)2/h4-5,8-10,19H,3,6-7H2,1-2H3,(H,24,25). The van der Waals surface area contributed by atoms with Crippen LogP contribution in [0.25, 0.3) is 10.9 Å². The molecule has 8 heteroatoms. The first-order valence-corrected chi connectivity index (χ1v) is 8.17. The van der Waals surface area contributed by atoms with Crippen LogP contribution in [0.4, 0.5) is 10.1 Å². The topological polar surface area (TPSA) is 77.8 Å². The second-order valence-electron chi connectivity index (χ2n) is 6.73. The molecular formula is C17H19FN4O3. The maximum atomic E-state index is 14.8. The number of anilines is 1. The van der Waals surface area contributed by atoms with E-state index in [-0.39, 0.29) is 11.4 Å². The van der Waals surface area contributed by atoms with Gasteiger partial charge in [-0.1, -0.05) is 0 Å². The van der Waals surface area contributed by atoms with Crippen LogP contribution >= 0.6 is 0 Å². The lowest BCUT2D eigenvalue weighted by Gasteiger charge is -2.34. The molecule has 25 heavy (non-hydrogen) atoms. The van der Waals surface area contributed by atoms with E-state index in [0.29, 0.717) is 17.2 Å². The zero-order valence-electron chi connectivity index (χ0n) is 14.0. The Morgan fingerprint density at radius 3 is 2.64 bits per heavy atom. The predicted molar refractivity (Wildman–Crippen MR) is 92.6 cm³/mol. The number of likely N-dealkylation sites (tertiary alicyclic amines) is 1. The van der Waals surface area contributed by atoms with E-state index in [1.807, 2.05) is 0 Å². The third kappa shape index (κ3) is 2.28. The molecule has 2 atom stereocenters. The molecule has 0 spiro atoms. The molecule has 0 amide bonds. The summed E-state index contributed by atoms with van der Waals surface area (Å²) in [5.41, 5.74) is 2.69. The summed E-state index contributed by atoms with van der Waals surface area (Å²) < 4.78 is 16.2. The first-order chi connectivity index (χ1) is 11.9. The van der Waals surface area contributed by atoms with Crippen LogP contribution in [0, 0.1) is 5.82 Å². The van der Waals surface area contributed by atoms with Crippen molar-refractivity contribution < 1.29 is 14.3 Å². The molecule has 7 nitrogen and oxygen atoms in total. The number of halogens is 1. The van der Waals surface area contributed by atoms with Crippen molar-refractivity contribution in [1.82, 2.24) is 9.58 Å². The molecule has 2 N–H and O–H groups in total. The lowest BCUT2D eigenvalue weighted by atomic mass is 10.1. The summed E-state index contributed by atoms with van der Waals surface area (Å²) >= 11 is 0. The van der Waals surface area contributed by atoms with Crippen LogP contribution in [0.2, 0.25) is 0 Å². The molecule has 2 aliphatic rings. The van der Waals surface area contributed by atoms with Crippen molar-refractivity contribution in [3.63, 3.8) is 0 Å². The van der Waals surface area contributed by atoms with Gasteiger partial charge < -0.3 is 15.4 Å². The van der Waals surface area contributed by atoms with E-state index in [4.69, 9.17) is 0 Å². The molecule has 0 aliphatic carbocycles. The maximum absolute atomic E-state index is 14.8. The Labute approximate surface area is 143 Å². The molecular weight excluding hydrogens is 327 g/mol. The molecule has 2 fully saturated rings. The summed E-state index contributed by atoms with van der Waals surface area (Å²) in [6, 6.07) is 3.47. The van der Waals surface area contributed by atoms with Gasteiger partial charge in [0.05, 0.1) is 16.6 Å². The van der Waals surface area contributed by atoms with E-state index < -0.39 is 22.8 Å². The van der Waals surface area contributed by atoms with Crippen molar-refractivity contribution in [2.45, 2.75) is 18.5 Å². The smallest absolute Gasteiger partial charge is 0.341 e. The Hall–Kier alpha value is -2.61. The molecule has 0 radical (unpaired) electrons. The van der Waals surface area contributed by atoms with Crippen LogP contribution in [0.3, 0.4) is 0 Å². The molecule has 2 unspecified atom stereocenters. The molecule has 3 heterocycles. The highest BCUT2D eigenvalue weighted by Gasteiger charge is 2.42. The fourth-order valence-electron chi connectivity index (χ4n) is 4.05. The van der Waals surface area contributed by atoms with E-state index in [2.05, 4.69) is 22.3 Å². The van der Waals surface area contributed by atoms with Gasteiger partial charge in [0.15, 0.2) is 0 Å². The molecule has 1 aromatic heterocycles. The normalized spacial score (nSPS) is 22.8. The Kier molecular flexibility index (Phi) is 3.47. The van der Waals surface area contributed by atoms with Gasteiger partial charge in [0, 0.05) is 38.4 Å². The molecule has 4 rings (SSSR count). The average Bonchev–Trinajstić information content (AvgIpc) is 3.14. The van der Waals surface area contributed by atoms with E-state index in [0.717, 1.165) is 25.6 Å². The lowest BCUT2D eigenvalue weighted by Crippen LogP contribution is -2.44. The van der Waals surface area contributed by atoms with Crippen LogP contribution < -0.4 is 15.8 Å². The minimum atomic E-state index is -1.33. The first kappa shape index (κ1) is 15.9. The van der Waals surface area contributed by atoms with E-state index in [1.165, 1.54) is 10.9 Å². The van der Waals surface area contributed by atoms with E-state index in [9.17, 15) is 19.1 Å².